The Morgan fingerprint density at radius 1 is 1.19 bits per heavy atom. The van der Waals surface area contributed by atoms with Crippen LogP contribution in [0.2, 0.25) is 0 Å². The lowest BCUT2D eigenvalue weighted by atomic mass is 10.0. The smallest absolute Gasteiger partial charge is 0.352 e. The number of aliphatic carboxylic acids is 1. The predicted molar refractivity (Wildman–Crippen MR) is 93.9 cm³/mol. The largest absolute Gasteiger partial charge is 0.481 e. The number of nitrogens with one attached hydrogen (secondary N) is 1. The summed E-state index contributed by atoms with van der Waals surface area (Å²) in [5, 5.41) is 21.0. The van der Waals surface area contributed by atoms with Crippen molar-refractivity contribution >= 4 is 22.6 Å². The number of rotatable bonds is 5. The Morgan fingerprint density at radius 3 is 2.56 bits per heavy atom. The van der Waals surface area contributed by atoms with Gasteiger partial charge in [-0.05, 0) is 23.8 Å². The van der Waals surface area contributed by atoms with Crippen LogP contribution in [0.3, 0.4) is 0 Å². The molecular formula is C18H14N2O7. The van der Waals surface area contributed by atoms with Gasteiger partial charge in [-0.3, -0.25) is 9.59 Å². The molecule has 1 amide bonds. The SMILES string of the molecule is COc1ccc(-c2ccc3c(O)oc(=O)c(C(=O)NCC(=O)O)c3c2)cn1. The van der Waals surface area contributed by atoms with Crippen molar-refractivity contribution in [1.82, 2.24) is 10.3 Å². The van der Waals surface area contributed by atoms with Crippen LogP contribution in [0.4, 0.5) is 0 Å². The number of aromatic nitrogens is 1. The molecule has 3 aromatic rings. The van der Waals surface area contributed by atoms with E-state index in [0.717, 1.165) is 0 Å². The Labute approximate surface area is 151 Å². The number of amides is 1. The number of ether oxygens (including phenoxy) is 1. The third kappa shape index (κ3) is 3.56. The molecule has 0 bridgehead atoms. The Balaban J connectivity index is 2.15. The summed E-state index contributed by atoms with van der Waals surface area (Å²) in [4.78, 5) is 39.1. The number of benzene rings is 1. The Kier molecular flexibility index (Phi) is 4.75. The van der Waals surface area contributed by atoms with Gasteiger partial charge in [-0.25, -0.2) is 9.78 Å². The summed E-state index contributed by atoms with van der Waals surface area (Å²) in [6, 6.07) is 8.05. The third-order valence-electron chi connectivity index (χ3n) is 3.82. The minimum absolute atomic E-state index is 0.125. The van der Waals surface area contributed by atoms with E-state index in [9.17, 15) is 19.5 Å². The zero-order valence-electron chi connectivity index (χ0n) is 14.1. The highest BCUT2D eigenvalue weighted by molar-refractivity contribution is 6.08. The molecular weight excluding hydrogens is 356 g/mol. The van der Waals surface area contributed by atoms with Gasteiger partial charge in [-0.1, -0.05) is 6.07 Å². The van der Waals surface area contributed by atoms with Gasteiger partial charge in [0.1, 0.15) is 12.1 Å². The first-order chi connectivity index (χ1) is 12.9. The summed E-state index contributed by atoms with van der Waals surface area (Å²) in [5.41, 5.74) is -0.169. The van der Waals surface area contributed by atoms with Gasteiger partial charge in [0, 0.05) is 23.2 Å². The molecule has 0 atom stereocenters. The van der Waals surface area contributed by atoms with E-state index in [-0.39, 0.29) is 10.8 Å². The van der Waals surface area contributed by atoms with Crippen LogP contribution in [0, 0.1) is 0 Å². The van der Waals surface area contributed by atoms with Crippen LogP contribution in [-0.2, 0) is 4.79 Å². The van der Waals surface area contributed by atoms with Crippen LogP contribution in [0.1, 0.15) is 10.4 Å². The maximum atomic E-state index is 12.3. The topological polar surface area (TPSA) is 139 Å². The summed E-state index contributed by atoms with van der Waals surface area (Å²) >= 11 is 0. The van der Waals surface area contributed by atoms with Gasteiger partial charge in [0.25, 0.3) is 11.9 Å². The molecule has 0 saturated heterocycles. The summed E-state index contributed by atoms with van der Waals surface area (Å²) in [7, 11) is 1.49. The van der Waals surface area contributed by atoms with E-state index in [0.29, 0.717) is 17.0 Å². The molecule has 0 unspecified atom stereocenters. The standard InChI is InChI=1S/C18H14N2O7/c1-26-13-5-3-10(7-19-13)9-2-4-11-12(6-9)15(18(25)27-17(11)24)16(23)20-8-14(21)22/h2-7,24H,8H2,1H3,(H,20,23)(H,21,22). The van der Waals surface area contributed by atoms with Crippen molar-refractivity contribution in [2.45, 2.75) is 0 Å². The number of hydrogen-bond acceptors (Lipinski definition) is 7. The van der Waals surface area contributed by atoms with Gasteiger partial charge < -0.3 is 24.7 Å². The molecule has 27 heavy (non-hydrogen) atoms. The number of carboxylic acids is 1. The first-order valence-electron chi connectivity index (χ1n) is 7.71. The highest BCUT2D eigenvalue weighted by Crippen LogP contribution is 2.30. The molecule has 0 radical (unpaired) electrons. The molecule has 9 nitrogen and oxygen atoms in total. The molecule has 3 N–H and O–H groups in total. The monoisotopic (exact) mass is 370 g/mol. The summed E-state index contributed by atoms with van der Waals surface area (Å²) in [6.07, 6.45) is 1.55. The molecule has 0 fully saturated rings. The van der Waals surface area contributed by atoms with Gasteiger partial charge in [-0.15, -0.1) is 0 Å². The Hall–Kier alpha value is -3.88. The van der Waals surface area contributed by atoms with Crippen LogP contribution in [0.15, 0.2) is 45.7 Å². The van der Waals surface area contributed by atoms with Crippen LogP contribution in [0.25, 0.3) is 21.9 Å². The van der Waals surface area contributed by atoms with E-state index in [1.165, 1.54) is 19.2 Å². The second-order valence-corrected chi connectivity index (χ2v) is 5.50. The fraction of sp³-hybridized carbons (Fsp3) is 0.111. The first kappa shape index (κ1) is 17.9. The molecule has 0 saturated carbocycles. The van der Waals surface area contributed by atoms with Crippen molar-refractivity contribution in [3.05, 3.63) is 52.5 Å². The number of fused-ring (bicyclic) bond motifs is 1. The van der Waals surface area contributed by atoms with Crippen LogP contribution >= 0.6 is 0 Å². The number of methoxy groups -OCH3 is 1. The zero-order valence-corrected chi connectivity index (χ0v) is 14.1. The second-order valence-electron chi connectivity index (χ2n) is 5.50. The summed E-state index contributed by atoms with van der Waals surface area (Å²) in [6.45, 7) is -0.664. The van der Waals surface area contributed by atoms with E-state index in [1.54, 1.807) is 24.4 Å². The lowest BCUT2D eigenvalue weighted by molar-refractivity contribution is -0.135. The maximum absolute atomic E-state index is 12.3. The molecule has 0 aliphatic carbocycles. The molecule has 3 rings (SSSR count). The van der Waals surface area contributed by atoms with Gasteiger partial charge in [0.2, 0.25) is 5.88 Å². The van der Waals surface area contributed by atoms with Crippen LogP contribution in [-0.4, -0.2) is 40.7 Å². The second kappa shape index (κ2) is 7.16. The number of aromatic hydroxyl groups is 1. The van der Waals surface area contributed by atoms with E-state index in [4.69, 9.17) is 9.84 Å². The van der Waals surface area contributed by atoms with E-state index in [2.05, 4.69) is 14.7 Å². The van der Waals surface area contributed by atoms with Crippen LogP contribution in [0.5, 0.6) is 11.8 Å². The maximum Gasteiger partial charge on any atom is 0.352 e. The van der Waals surface area contributed by atoms with Crippen molar-refractivity contribution in [2.24, 2.45) is 0 Å². The molecule has 2 aromatic heterocycles. The number of carbonyl (C=O) groups is 2. The van der Waals surface area contributed by atoms with Gasteiger partial charge in [0.05, 0.1) is 12.5 Å². The van der Waals surface area contributed by atoms with Crippen molar-refractivity contribution in [3.63, 3.8) is 0 Å². The molecule has 0 aliphatic heterocycles. The molecule has 0 spiro atoms. The molecule has 1 aromatic carbocycles. The van der Waals surface area contributed by atoms with Crippen LogP contribution < -0.4 is 15.7 Å². The zero-order chi connectivity index (χ0) is 19.6. The number of pyridine rings is 1. The Morgan fingerprint density at radius 2 is 1.93 bits per heavy atom. The quantitative estimate of drug-likeness (QED) is 0.612. The van der Waals surface area contributed by atoms with Gasteiger partial charge >= 0.3 is 11.6 Å². The minimum atomic E-state index is -1.26. The highest BCUT2D eigenvalue weighted by atomic mass is 16.5. The number of nitrogens with zero attached hydrogens (tertiary/aromatic N) is 1. The molecule has 138 valence electrons. The predicted octanol–water partition coefficient (Wildman–Crippen LogP) is 1.38. The Bertz CT molecular complexity index is 1090. The number of hydrogen-bond donors (Lipinski definition) is 3. The van der Waals surface area contributed by atoms with Crippen molar-refractivity contribution in [3.8, 4) is 23.0 Å². The lowest BCUT2D eigenvalue weighted by Gasteiger charge is -2.09. The van der Waals surface area contributed by atoms with E-state index >= 15 is 0 Å². The third-order valence-corrected chi connectivity index (χ3v) is 3.82. The molecule has 2 heterocycles. The average molecular weight is 370 g/mol. The lowest BCUT2D eigenvalue weighted by Crippen LogP contribution is -2.32. The van der Waals surface area contributed by atoms with Gasteiger partial charge in [-0.2, -0.15) is 0 Å². The number of carboxylic acid groups (broad SMARTS) is 1. The molecule has 9 heteroatoms. The van der Waals surface area contributed by atoms with E-state index < -0.39 is 35.6 Å². The van der Waals surface area contributed by atoms with Gasteiger partial charge in [0.15, 0.2) is 0 Å². The van der Waals surface area contributed by atoms with Crippen molar-refractivity contribution in [2.75, 3.05) is 13.7 Å². The fourth-order valence-electron chi connectivity index (χ4n) is 2.55. The highest BCUT2D eigenvalue weighted by Gasteiger charge is 2.20. The summed E-state index contributed by atoms with van der Waals surface area (Å²) < 4.78 is 9.69. The number of carbonyl (C=O) groups excluding carboxylic acids is 1. The average Bonchev–Trinajstić information content (AvgIpc) is 2.66. The first-order valence-corrected chi connectivity index (χ1v) is 7.71. The van der Waals surface area contributed by atoms with Crippen molar-refractivity contribution < 1.29 is 29.0 Å². The fourth-order valence-corrected chi connectivity index (χ4v) is 2.55. The minimum Gasteiger partial charge on any atom is -0.481 e. The van der Waals surface area contributed by atoms with Crippen molar-refractivity contribution in [1.29, 1.82) is 0 Å². The van der Waals surface area contributed by atoms with E-state index in [1.807, 2.05) is 0 Å². The normalized spacial score (nSPS) is 10.6. The summed E-state index contributed by atoms with van der Waals surface area (Å²) in [5.74, 6) is -2.39. The molecule has 0 aliphatic rings.